The number of aromatic nitrogens is 2. The van der Waals surface area contributed by atoms with Crippen molar-refractivity contribution in [2.75, 3.05) is 0 Å². The third-order valence-corrected chi connectivity index (χ3v) is 10.4. The van der Waals surface area contributed by atoms with Gasteiger partial charge in [0.25, 0.3) is 0 Å². The Hall–Kier alpha value is -4.17. The lowest BCUT2D eigenvalue weighted by Crippen LogP contribution is -2.26. The molecule has 8 bridgehead atoms. The van der Waals surface area contributed by atoms with Crippen molar-refractivity contribution >= 4 is 57.4 Å². The van der Waals surface area contributed by atoms with Gasteiger partial charge in [-0.3, -0.25) is 4.79 Å². The first-order valence-electron chi connectivity index (χ1n) is 16.7. The van der Waals surface area contributed by atoms with Crippen LogP contribution in [0.2, 0.25) is 0 Å². The van der Waals surface area contributed by atoms with E-state index in [2.05, 4.69) is 146 Å². The molecule has 5 nitrogen and oxygen atoms in total. The molecule has 0 unspecified atom stereocenters. The Balaban J connectivity index is 1.53. The number of nitrogens with zero attached hydrogens (tertiary/aromatic N) is 1. The van der Waals surface area contributed by atoms with Crippen molar-refractivity contribution in [1.82, 2.24) is 15.3 Å². The van der Waals surface area contributed by atoms with Crippen LogP contribution in [-0.2, 0) is 15.6 Å². The SMILES string of the molecule is CC1(C)C(=O)C2=NC1=Cc1ccc([nH]1)C(c1cc(C(C)(C)C)cc(C(C)(C)C)c1)=C1CC=C(N1)C(c1ccc(I)cc1)=c1ccc([nH]1)=C2. The number of hydrogen-bond donors (Lipinski definition) is 3. The van der Waals surface area contributed by atoms with E-state index in [1.807, 2.05) is 32.1 Å². The van der Waals surface area contributed by atoms with Crippen LogP contribution in [0.25, 0.3) is 23.3 Å². The van der Waals surface area contributed by atoms with Crippen molar-refractivity contribution in [2.24, 2.45) is 10.4 Å². The number of H-pyrrole nitrogens is 2. The molecular formula is C42H43IN4O. The van der Waals surface area contributed by atoms with Gasteiger partial charge in [-0.1, -0.05) is 78.0 Å². The van der Waals surface area contributed by atoms with Crippen LogP contribution in [0.15, 0.2) is 94.9 Å². The fraction of sp³-hybridized carbons (Fsp3) is 0.286. The van der Waals surface area contributed by atoms with Crippen LogP contribution in [0, 0.1) is 8.99 Å². The molecule has 0 fully saturated rings. The lowest BCUT2D eigenvalue weighted by Gasteiger charge is -2.27. The molecule has 0 spiro atoms. The van der Waals surface area contributed by atoms with Gasteiger partial charge >= 0.3 is 0 Å². The minimum atomic E-state index is -0.742. The van der Waals surface area contributed by atoms with Gasteiger partial charge in [-0.2, -0.15) is 0 Å². The number of rotatable bonds is 2. The second-order valence-electron chi connectivity index (χ2n) is 15.8. The summed E-state index contributed by atoms with van der Waals surface area (Å²) in [5, 5.41) is 5.73. The Bertz CT molecular complexity index is 2200. The van der Waals surface area contributed by atoms with Crippen LogP contribution >= 0.6 is 22.6 Å². The maximum atomic E-state index is 13.7. The van der Waals surface area contributed by atoms with Crippen molar-refractivity contribution in [3.63, 3.8) is 0 Å². The van der Waals surface area contributed by atoms with Gasteiger partial charge in [0.05, 0.1) is 11.1 Å². The largest absolute Gasteiger partial charge is 0.358 e. The number of allylic oxidation sites excluding steroid dienone is 3. The molecule has 5 heterocycles. The van der Waals surface area contributed by atoms with Gasteiger partial charge in [0.15, 0.2) is 5.78 Å². The molecule has 6 heteroatoms. The van der Waals surface area contributed by atoms with Gasteiger partial charge in [0, 0.05) is 54.6 Å². The number of fused-ring (bicyclic) bond motifs is 7. The molecule has 48 heavy (non-hydrogen) atoms. The van der Waals surface area contributed by atoms with Gasteiger partial charge in [0.1, 0.15) is 5.71 Å². The first kappa shape index (κ1) is 32.4. The molecule has 0 saturated carbocycles. The maximum absolute atomic E-state index is 13.7. The molecule has 0 atom stereocenters. The Morgan fingerprint density at radius 2 is 1.46 bits per heavy atom. The number of Topliss-reactive ketones (excluding diaryl/α,β-unsaturated/α-hetero) is 1. The van der Waals surface area contributed by atoms with Gasteiger partial charge in [-0.25, -0.2) is 4.99 Å². The first-order chi connectivity index (χ1) is 22.6. The fourth-order valence-electron chi connectivity index (χ4n) is 6.65. The summed E-state index contributed by atoms with van der Waals surface area (Å²) in [5.41, 5.74) is 11.7. The molecule has 244 valence electrons. The van der Waals surface area contributed by atoms with Crippen molar-refractivity contribution in [1.29, 1.82) is 0 Å². The van der Waals surface area contributed by atoms with Crippen LogP contribution in [0.4, 0.5) is 0 Å². The number of carbonyl (C=O) groups is 1. The predicted molar refractivity (Wildman–Crippen MR) is 207 cm³/mol. The number of aliphatic imine (C=N–C) groups is 1. The van der Waals surface area contributed by atoms with Gasteiger partial charge in [-0.15, -0.1) is 0 Å². The highest BCUT2D eigenvalue weighted by Crippen LogP contribution is 2.39. The minimum absolute atomic E-state index is 0.0165. The molecule has 3 N–H and O–H groups in total. The van der Waals surface area contributed by atoms with Gasteiger partial charge < -0.3 is 15.3 Å². The number of ketones is 1. The summed E-state index contributed by atoms with van der Waals surface area (Å²) in [6, 6.07) is 24.1. The molecule has 2 aromatic carbocycles. The topological polar surface area (TPSA) is 73.0 Å². The van der Waals surface area contributed by atoms with Gasteiger partial charge in [-0.05, 0) is 118 Å². The van der Waals surface area contributed by atoms with E-state index in [-0.39, 0.29) is 16.6 Å². The molecule has 0 amide bonds. The van der Waals surface area contributed by atoms with Crippen LogP contribution in [0.1, 0.15) is 95.5 Å². The summed E-state index contributed by atoms with van der Waals surface area (Å²) >= 11 is 2.35. The molecule has 2 aromatic heterocycles. The smallest absolute Gasteiger partial charge is 0.192 e. The van der Waals surface area contributed by atoms with E-state index in [1.54, 1.807) is 0 Å². The molecule has 7 rings (SSSR count). The van der Waals surface area contributed by atoms with Gasteiger partial charge in [0.2, 0.25) is 0 Å². The predicted octanol–water partition coefficient (Wildman–Crippen LogP) is 8.26. The highest BCUT2D eigenvalue weighted by Gasteiger charge is 2.40. The lowest BCUT2D eigenvalue weighted by molar-refractivity contribution is -0.117. The zero-order valence-electron chi connectivity index (χ0n) is 29.0. The number of benzene rings is 2. The summed E-state index contributed by atoms with van der Waals surface area (Å²) in [6.45, 7) is 17.6. The molecular weight excluding hydrogens is 703 g/mol. The number of nitrogens with one attached hydrogen (secondary N) is 3. The quantitative estimate of drug-likeness (QED) is 0.181. The van der Waals surface area contributed by atoms with E-state index in [4.69, 9.17) is 4.99 Å². The summed E-state index contributed by atoms with van der Waals surface area (Å²) in [5.74, 6) is 0.0165. The normalized spacial score (nSPS) is 17.6. The van der Waals surface area contributed by atoms with E-state index >= 15 is 0 Å². The zero-order valence-corrected chi connectivity index (χ0v) is 31.2. The zero-order chi connectivity index (χ0) is 34.2. The van der Waals surface area contributed by atoms with Crippen molar-refractivity contribution in [3.05, 3.63) is 138 Å². The molecule has 3 aliphatic heterocycles. The van der Waals surface area contributed by atoms with Crippen molar-refractivity contribution < 1.29 is 4.79 Å². The molecule has 3 aliphatic rings. The first-order valence-corrected chi connectivity index (χ1v) is 17.7. The van der Waals surface area contributed by atoms with E-state index in [1.165, 1.54) is 20.3 Å². The highest BCUT2D eigenvalue weighted by molar-refractivity contribution is 14.1. The summed E-state index contributed by atoms with van der Waals surface area (Å²) in [4.78, 5) is 25.9. The lowest BCUT2D eigenvalue weighted by atomic mass is 9.78. The van der Waals surface area contributed by atoms with Crippen LogP contribution in [-0.4, -0.2) is 21.5 Å². The Morgan fingerprint density at radius 1 is 0.771 bits per heavy atom. The van der Waals surface area contributed by atoms with Crippen molar-refractivity contribution in [3.8, 4) is 0 Å². The summed E-state index contributed by atoms with van der Waals surface area (Å²) in [7, 11) is 0. The summed E-state index contributed by atoms with van der Waals surface area (Å²) in [6.07, 6.45) is 6.96. The standard InChI is InChI=1S/C42H43IN4O/c1-40(2,3)26-19-25(20-27(21-26)41(4,5)6)38-32-16-14-30(45-32)23-36-42(7,8)39(48)35(47-36)22-29-13-15-31(44-29)37(33-17-18-34(38)46-33)24-9-11-28(43)12-10-24/h9-17,19-23,44-46H,18H2,1-8H3. The fourth-order valence-corrected chi connectivity index (χ4v) is 7.01. The number of halogens is 1. The van der Waals surface area contributed by atoms with E-state index in [0.29, 0.717) is 5.71 Å². The van der Waals surface area contributed by atoms with Crippen molar-refractivity contribution in [2.45, 2.75) is 72.6 Å². The minimum Gasteiger partial charge on any atom is -0.358 e. The Kier molecular flexibility index (Phi) is 7.74. The molecule has 0 radical (unpaired) electrons. The highest BCUT2D eigenvalue weighted by atomic mass is 127. The second-order valence-corrected chi connectivity index (χ2v) is 17.0. The summed E-state index contributed by atoms with van der Waals surface area (Å²) < 4.78 is 1.18. The number of hydrogen-bond acceptors (Lipinski definition) is 3. The molecule has 0 saturated heterocycles. The average molecular weight is 747 g/mol. The maximum Gasteiger partial charge on any atom is 0.192 e. The average Bonchev–Trinajstić information content (AvgIpc) is 3.81. The van der Waals surface area contributed by atoms with Crippen LogP contribution in [0.5, 0.6) is 0 Å². The Morgan fingerprint density at radius 3 is 2.12 bits per heavy atom. The third-order valence-electron chi connectivity index (χ3n) is 9.68. The van der Waals surface area contributed by atoms with E-state index in [0.717, 1.165) is 62.3 Å². The molecule has 0 aliphatic carbocycles. The van der Waals surface area contributed by atoms with E-state index in [9.17, 15) is 4.79 Å². The Labute approximate surface area is 296 Å². The third kappa shape index (κ3) is 5.89. The monoisotopic (exact) mass is 746 g/mol. The number of carbonyl (C=O) groups excluding carboxylic acids is 1. The second kappa shape index (κ2) is 11.5. The van der Waals surface area contributed by atoms with Crippen LogP contribution in [0.3, 0.4) is 0 Å². The van der Waals surface area contributed by atoms with E-state index < -0.39 is 5.41 Å². The number of aromatic amines is 2. The van der Waals surface area contributed by atoms with Crippen LogP contribution < -0.4 is 16.0 Å². The molecule has 4 aromatic rings.